The summed E-state index contributed by atoms with van der Waals surface area (Å²) in [4.78, 5) is 0. The Labute approximate surface area is 114 Å². The minimum Gasteiger partial charge on any atom is -0.491 e. The summed E-state index contributed by atoms with van der Waals surface area (Å²) in [6.07, 6.45) is 2.61. The SMILES string of the molecule is C[C@H](NCCOc1ccccc1C#N)[C@@H]1CCCO1. The van der Waals surface area contributed by atoms with Crippen molar-refractivity contribution < 1.29 is 9.47 Å². The molecule has 0 amide bonds. The summed E-state index contributed by atoms with van der Waals surface area (Å²) in [5.74, 6) is 0.650. The lowest BCUT2D eigenvalue weighted by Crippen LogP contribution is -2.39. The molecule has 2 rings (SSSR count). The molecule has 1 N–H and O–H groups in total. The summed E-state index contributed by atoms with van der Waals surface area (Å²) in [5.41, 5.74) is 0.578. The lowest BCUT2D eigenvalue weighted by atomic mass is 10.1. The second-order valence-electron chi connectivity index (χ2n) is 4.75. The molecule has 2 atom stereocenters. The molecular formula is C15H20N2O2. The minimum absolute atomic E-state index is 0.325. The van der Waals surface area contributed by atoms with Gasteiger partial charge in [0.15, 0.2) is 0 Å². The first-order chi connectivity index (χ1) is 9.31. The van der Waals surface area contributed by atoms with Gasteiger partial charge in [0, 0.05) is 19.2 Å². The zero-order valence-electron chi connectivity index (χ0n) is 11.3. The van der Waals surface area contributed by atoms with E-state index in [0.717, 1.165) is 26.0 Å². The first-order valence-corrected chi connectivity index (χ1v) is 6.78. The summed E-state index contributed by atoms with van der Waals surface area (Å²) >= 11 is 0. The van der Waals surface area contributed by atoms with Gasteiger partial charge in [-0.15, -0.1) is 0 Å². The van der Waals surface area contributed by atoms with Gasteiger partial charge in [0.2, 0.25) is 0 Å². The summed E-state index contributed by atoms with van der Waals surface area (Å²) in [6.45, 7) is 4.32. The number of hydrogen-bond donors (Lipinski definition) is 1. The van der Waals surface area contributed by atoms with Crippen LogP contribution in [0.25, 0.3) is 0 Å². The molecule has 0 aromatic heterocycles. The van der Waals surface area contributed by atoms with E-state index in [1.807, 2.05) is 18.2 Å². The summed E-state index contributed by atoms with van der Waals surface area (Å²) in [5, 5.41) is 12.3. The van der Waals surface area contributed by atoms with E-state index in [2.05, 4.69) is 18.3 Å². The Balaban J connectivity index is 1.70. The normalized spacial score (nSPS) is 19.9. The highest BCUT2D eigenvalue weighted by atomic mass is 16.5. The Morgan fingerprint density at radius 3 is 3.11 bits per heavy atom. The number of benzene rings is 1. The van der Waals surface area contributed by atoms with Gasteiger partial charge in [0.25, 0.3) is 0 Å². The molecule has 1 heterocycles. The monoisotopic (exact) mass is 260 g/mol. The van der Waals surface area contributed by atoms with Crippen LogP contribution in [-0.4, -0.2) is 31.9 Å². The Morgan fingerprint density at radius 2 is 2.37 bits per heavy atom. The first-order valence-electron chi connectivity index (χ1n) is 6.78. The van der Waals surface area contributed by atoms with E-state index in [-0.39, 0.29) is 0 Å². The van der Waals surface area contributed by atoms with Gasteiger partial charge in [0.1, 0.15) is 18.4 Å². The number of nitriles is 1. The average Bonchev–Trinajstić information content (AvgIpc) is 2.98. The van der Waals surface area contributed by atoms with Crippen LogP contribution in [0.5, 0.6) is 5.75 Å². The van der Waals surface area contributed by atoms with E-state index in [9.17, 15) is 0 Å². The Bertz CT molecular complexity index is 436. The first kappa shape index (κ1) is 13.9. The summed E-state index contributed by atoms with van der Waals surface area (Å²) in [6, 6.07) is 9.76. The Morgan fingerprint density at radius 1 is 1.53 bits per heavy atom. The Hall–Kier alpha value is -1.57. The van der Waals surface area contributed by atoms with Crippen molar-refractivity contribution in [2.75, 3.05) is 19.8 Å². The van der Waals surface area contributed by atoms with Crippen LogP contribution in [0.3, 0.4) is 0 Å². The van der Waals surface area contributed by atoms with E-state index in [4.69, 9.17) is 14.7 Å². The molecule has 1 saturated heterocycles. The molecule has 0 aliphatic carbocycles. The van der Waals surface area contributed by atoms with Crippen LogP contribution in [0.1, 0.15) is 25.3 Å². The molecular weight excluding hydrogens is 240 g/mol. The molecule has 0 unspecified atom stereocenters. The molecule has 19 heavy (non-hydrogen) atoms. The second-order valence-corrected chi connectivity index (χ2v) is 4.75. The maximum atomic E-state index is 8.94. The predicted octanol–water partition coefficient (Wildman–Crippen LogP) is 2.09. The third-order valence-corrected chi connectivity index (χ3v) is 3.36. The fourth-order valence-electron chi connectivity index (χ4n) is 2.26. The quantitative estimate of drug-likeness (QED) is 0.796. The van der Waals surface area contributed by atoms with E-state index < -0.39 is 0 Å². The highest BCUT2D eigenvalue weighted by molar-refractivity contribution is 5.42. The third-order valence-electron chi connectivity index (χ3n) is 3.36. The molecule has 0 bridgehead atoms. The van der Waals surface area contributed by atoms with Crippen LogP contribution in [0.4, 0.5) is 0 Å². The lowest BCUT2D eigenvalue weighted by Gasteiger charge is -2.20. The largest absolute Gasteiger partial charge is 0.491 e. The number of hydrogen-bond acceptors (Lipinski definition) is 4. The fourth-order valence-corrected chi connectivity index (χ4v) is 2.26. The Kier molecular flexibility index (Phi) is 5.20. The van der Waals surface area contributed by atoms with Crippen molar-refractivity contribution in [3.05, 3.63) is 29.8 Å². The van der Waals surface area contributed by atoms with Crippen LogP contribution in [0.15, 0.2) is 24.3 Å². The van der Waals surface area contributed by atoms with Gasteiger partial charge in [-0.05, 0) is 31.9 Å². The molecule has 0 saturated carbocycles. The average molecular weight is 260 g/mol. The fraction of sp³-hybridized carbons (Fsp3) is 0.533. The number of para-hydroxylation sites is 1. The number of ether oxygens (including phenoxy) is 2. The van der Waals surface area contributed by atoms with Crippen molar-refractivity contribution in [3.8, 4) is 11.8 Å². The lowest BCUT2D eigenvalue weighted by molar-refractivity contribution is 0.0824. The molecule has 1 aromatic rings. The topological polar surface area (TPSA) is 54.3 Å². The van der Waals surface area contributed by atoms with Gasteiger partial charge in [-0.1, -0.05) is 12.1 Å². The van der Waals surface area contributed by atoms with E-state index in [0.29, 0.717) is 30.1 Å². The molecule has 1 aromatic carbocycles. The molecule has 4 nitrogen and oxygen atoms in total. The maximum Gasteiger partial charge on any atom is 0.137 e. The molecule has 4 heteroatoms. The van der Waals surface area contributed by atoms with E-state index >= 15 is 0 Å². The highest BCUT2D eigenvalue weighted by Gasteiger charge is 2.21. The van der Waals surface area contributed by atoms with Crippen molar-refractivity contribution in [1.82, 2.24) is 5.32 Å². The molecule has 1 aliphatic rings. The van der Waals surface area contributed by atoms with Crippen molar-refractivity contribution in [2.24, 2.45) is 0 Å². The summed E-state index contributed by atoms with van der Waals surface area (Å²) in [7, 11) is 0. The predicted molar refractivity (Wildman–Crippen MR) is 73.1 cm³/mol. The van der Waals surface area contributed by atoms with Gasteiger partial charge in [-0.3, -0.25) is 0 Å². The van der Waals surface area contributed by atoms with Crippen LogP contribution in [0.2, 0.25) is 0 Å². The van der Waals surface area contributed by atoms with Gasteiger partial charge >= 0.3 is 0 Å². The molecule has 0 spiro atoms. The maximum absolute atomic E-state index is 8.94. The van der Waals surface area contributed by atoms with Gasteiger partial charge in [-0.2, -0.15) is 5.26 Å². The van der Waals surface area contributed by atoms with Crippen LogP contribution in [-0.2, 0) is 4.74 Å². The zero-order chi connectivity index (χ0) is 13.5. The summed E-state index contributed by atoms with van der Waals surface area (Å²) < 4.78 is 11.2. The third kappa shape index (κ3) is 3.95. The molecule has 1 aliphatic heterocycles. The second kappa shape index (κ2) is 7.13. The van der Waals surface area contributed by atoms with Gasteiger partial charge in [0.05, 0.1) is 11.7 Å². The van der Waals surface area contributed by atoms with Crippen LogP contribution >= 0.6 is 0 Å². The van der Waals surface area contributed by atoms with Crippen LogP contribution < -0.4 is 10.1 Å². The van der Waals surface area contributed by atoms with Crippen molar-refractivity contribution in [1.29, 1.82) is 5.26 Å². The zero-order valence-corrected chi connectivity index (χ0v) is 11.3. The van der Waals surface area contributed by atoms with Gasteiger partial charge in [-0.25, -0.2) is 0 Å². The van der Waals surface area contributed by atoms with Gasteiger partial charge < -0.3 is 14.8 Å². The molecule has 1 fully saturated rings. The number of rotatable bonds is 6. The smallest absolute Gasteiger partial charge is 0.137 e. The van der Waals surface area contributed by atoms with Crippen molar-refractivity contribution >= 4 is 0 Å². The minimum atomic E-state index is 0.325. The van der Waals surface area contributed by atoms with E-state index in [1.165, 1.54) is 0 Å². The number of nitrogens with one attached hydrogen (secondary N) is 1. The number of nitrogens with zero attached hydrogens (tertiary/aromatic N) is 1. The standard InChI is InChI=1S/C15H20N2O2/c1-12(14-7-4-9-18-14)17-8-10-19-15-6-3-2-5-13(15)11-16/h2-3,5-6,12,14,17H,4,7-10H2,1H3/t12-,14-/m0/s1. The van der Waals surface area contributed by atoms with Crippen molar-refractivity contribution in [3.63, 3.8) is 0 Å². The molecule has 102 valence electrons. The molecule has 0 radical (unpaired) electrons. The van der Waals surface area contributed by atoms with Crippen molar-refractivity contribution in [2.45, 2.75) is 31.9 Å². The highest BCUT2D eigenvalue weighted by Crippen LogP contribution is 2.17. The van der Waals surface area contributed by atoms with E-state index in [1.54, 1.807) is 6.07 Å². The van der Waals surface area contributed by atoms with Crippen LogP contribution in [0, 0.1) is 11.3 Å².